The van der Waals surface area contributed by atoms with E-state index in [-0.39, 0.29) is 17.9 Å². The third-order valence-electron chi connectivity index (χ3n) is 6.19. The molecular weight excluding hydrogens is 338 g/mol. The number of hydrogen-bond acceptors (Lipinski definition) is 4. The summed E-state index contributed by atoms with van der Waals surface area (Å²) in [5, 5.41) is 11.7. The van der Waals surface area contributed by atoms with Crippen molar-refractivity contribution in [1.29, 1.82) is 0 Å². The molecule has 1 aromatic heterocycles. The number of aliphatic hydroxyl groups is 1. The minimum absolute atomic E-state index is 0.195. The third kappa shape index (κ3) is 3.50. The first-order valence-corrected chi connectivity index (χ1v) is 10.1. The van der Waals surface area contributed by atoms with Crippen molar-refractivity contribution in [2.75, 3.05) is 13.1 Å². The van der Waals surface area contributed by atoms with Gasteiger partial charge >= 0.3 is 0 Å². The molecule has 1 aromatic carbocycles. The van der Waals surface area contributed by atoms with Crippen LogP contribution in [-0.4, -0.2) is 38.8 Å². The molecule has 1 saturated heterocycles. The molecule has 1 N–H and O–H groups in total. The van der Waals surface area contributed by atoms with Crippen molar-refractivity contribution < 1.29 is 9.84 Å². The maximum atomic E-state index is 11.7. The van der Waals surface area contributed by atoms with E-state index >= 15 is 0 Å². The SMILES string of the molecule is CC(C)Oc1ccc(CN2C[C@H]3CCC[C@H](C2)C3(O)c2nccn2C)cc1. The molecule has 0 unspecified atom stereocenters. The van der Waals surface area contributed by atoms with Crippen LogP contribution in [0.5, 0.6) is 5.75 Å². The summed E-state index contributed by atoms with van der Waals surface area (Å²) in [6.07, 6.45) is 7.28. The van der Waals surface area contributed by atoms with Crippen LogP contribution in [0.2, 0.25) is 0 Å². The molecule has 1 aliphatic heterocycles. The Labute approximate surface area is 162 Å². The Hall–Kier alpha value is -1.85. The average molecular weight is 370 g/mol. The molecule has 0 radical (unpaired) electrons. The molecule has 2 fully saturated rings. The standard InChI is InChI=1S/C22H31N3O2/c1-16(2)27-20-9-7-17(8-10-20)13-25-14-18-5-4-6-19(15-25)22(18,26)21-23-11-12-24(21)3/h7-12,16,18-19,26H,4-6,13-15H2,1-3H3/t18-,19-/m1/s1. The predicted molar refractivity (Wildman–Crippen MR) is 105 cm³/mol. The molecule has 0 spiro atoms. The number of aromatic nitrogens is 2. The highest BCUT2D eigenvalue weighted by molar-refractivity contribution is 5.27. The van der Waals surface area contributed by atoms with Crippen molar-refractivity contribution in [2.24, 2.45) is 18.9 Å². The van der Waals surface area contributed by atoms with Crippen LogP contribution in [0.4, 0.5) is 0 Å². The number of fused-ring (bicyclic) bond motifs is 2. The smallest absolute Gasteiger partial charge is 0.141 e. The van der Waals surface area contributed by atoms with Crippen LogP contribution < -0.4 is 4.74 Å². The summed E-state index contributed by atoms with van der Waals surface area (Å²) in [6.45, 7) is 6.85. The normalized spacial score (nSPS) is 28.5. The van der Waals surface area contributed by atoms with Gasteiger partial charge in [-0.05, 0) is 44.4 Å². The summed E-state index contributed by atoms with van der Waals surface area (Å²) in [5.41, 5.74) is 0.508. The zero-order chi connectivity index (χ0) is 19.0. The number of benzene rings is 1. The number of ether oxygens (including phenoxy) is 1. The third-order valence-corrected chi connectivity index (χ3v) is 6.19. The maximum Gasteiger partial charge on any atom is 0.141 e. The van der Waals surface area contributed by atoms with Gasteiger partial charge < -0.3 is 14.4 Å². The molecule has 2 heterocycles. The number of hydrogen-bond donors (Lipinski definition) is 1. The summed E-state index contributed by atoms with van der Waals surface area (Å²) in [6, 6.07) is 8.44. The Bertz CT molecular complexity index is 754. The van der Waals surface area contributed by atoms with Gasteiger partial charge in [0.05, 0.1) is 6.10 Å². The lowest BCUT2D eigenvalue weighted by Crippen LogP contribution is -2.58. The molecule has 146 valence electrons. The van der Waals surface area contributed by atoms with E-state index in [0.717, 1.165) is 44.0 Å². The van der Waals surface area contributed by atoms with Gasteiger partial charge in [-0.1, -0.05) is 18.6 Å². The van der Waals surface area contributed by atoms with Crippen molar-refractivity contribution in [3.8, 4) is 5.75 Å². The molecule has 2 atom stereocenters. The van der Waals surface area contributed by atoms with Crippen molar-refractivity contribution in [3.63, 3.8) is 0 Å². The molecule has 5 heteroatoms. The monoisotopic (exact) mass is 369 g/mol. The fourth-order valence-electron chi connectivity index (χ4n) is 4.99. The van der Waals surface area contributed by atoms with Crippen molar-refractivity contribution in [2.45, 2.75) is 51.4 Å². The number of piperidine rings is 1. The molecule has 4 rings (SSSR count). The highest BCUT2D eigenvalue weighted by Crippen LogP contribution is 2.48. The van der Waals surface area contributed by atoms with E-state index in [2.05, 4.69) is 34.1 Å². The van der Waals surface area contributed by atoms with E-state index in [1.54, 1.807) is 6.20 Å². The summed E-state index contributed by atoms with van der Waals surface area (Å²) in [5.74, 6) is 2.25. The largest absolute Gasteiger partial charge is 0.491 e. The second-order valence-electron chi connectivity index (χ2n) is 8.52. The lowest BCUT2D eigenvalue weighted by atomic mass is 9.65. The lowest BCUT2D eigenvalue weighted by Gasteiger charge is -2.52. The second kappa shape index (κ2) is 7.28. The molecule has 0 amide bonds. The van der Waals surface area contributed by atoms with Crippen LogP contribution >= 0.6 is 0 Å². The second-order valence-corrected chi connectivity index (χ2v) is 8.52. The first-order chi connectivity index (χ1) is 13.0. The van der Waals surface area contributed by atoms with Crippen LogP contribution in [0.25, 0.3) is 0 Å². The first-order valence-electron chi connectivity index (χ1n) is 10.1. The Morgan fingerprint density at radius 3 is 2.41 bits per heavy atom. The van der Waals surface area contributed by atoms with Gasteiger partial charge in [0.1, 0.15) is 17.2 Å². The topological polar surface area (TPSA) is 50.5 Å². The predicted octanol–water partition coefficient (Wildman–Crippen LogP) is 3.33. The van der Waals surface area contributed by atoms with E-state index in [1.165, 1.54) is 12.0 Å². The van der Waals surface area contributed by atoms with Crippen molar-refractivity contribution >= 4 is 0 Å². The average Bonchev–Trinajstić information content (AvgIpc) is 3.04. The number of rotatable bonds is 5. The molecule has 1 aliphatic carbocycles. The molecule has 27 heavy (non-hydrogen) atoms. The summed E-state index contributed by atoms with van der Waals surface area (Å²) >= 11 is 0. The van der Waals surface area contributed by atoms with Gasteiger partial charge in [0.2, 0.25) is 0 Å². The Balaban J connectivity index is 1.48. The summed E-state index contributed by atoms with van der Waals surface area (Å²) in [4.78, 5) is 7.02. The zero-order valence-electron chi connectivity index (χ0n) is 16.6. The highest BCUT2D eigenvalue weighted by Gasteiger charge is 2.53. The minimum Gasteiger partial charge on any atom is -0.491 e. The molecule has 1 saturated carbocycles. The summed E-state index contributed by atoms with van der Waals surface area (Å²) in [7, 11) is 1.99. The van der Waals surface area contributed by atoms with E-state index < -0.39 is 5.60 Å². The number of aryl methyl sites for hydroxylation is 1. The van der Waals surface area contributed by atoms with E-state index in [9.17, 15) is 5.11 Å². The van der Waals surface area contributed by atoms with E-state index in [0.29, 0.717) is 0 Å². The van der Waals surface area contributed by atoms with E-state index in [4.69, 9.17) is 4.74 Å². The van der Waals surface area contributed by atoms with Crippen LogP contribution in [0.3, 0.4) is 0 Å². The lowest BCUT2D eigenvalue weighted by molar-refractivity contribution is -0.155. The Morgan fingerprint density at radius 1 is 1.19 bits per heavy atom. The van der Waals surface area contributed by atoms with Crippen molar-refractivity contribution in [3.05, 3.63) is 48.0 Å². The number of likely N-dealkylation sites (tertiary alicyclic amines) is 1. The van der Waals surface area contributed by atoms with Crippen LogP contribution in [0.15, 0.2) is 36.7 Å². The van der Waals surface area contributed by atoms with Gasteiger partial charge in [0.25, 0.3) is 0 Å². The first kappa shape index (κ1) is 18.5. The maximum absolute atomic E-state index is 11.7. The van der Waals surface area contributed by atoms with Gasteiger partial charge in [-0.15, -0.1) is 0 Å². The number of imidazole rings is 1. The fourth-order valence-corrected chi connectivity index (χ4v) is 4.99. The van der Waals surface area contributed by atoms with Gasteiger partial charge in [0, 0.05) is 50.9 Å². The van der Waals surface area contributed by atoms with E-state index in [1.807, 2.05) is 31.7 Å². The van der Waals surface area contributed by atoms with Gasteiger partial charge in [-0.25, -0.2) is 4.98 Å². The van der Waals surface area contributed by atoms with Crippen molar-refractivity contribution in [1.82, 2.24) is 14.5 Å². The van der Waals surface area contributed by atoms with Gasteiger partial charge in [-0.3, -0.25) is 4.90 Å². The molecule has 2 bridgehead atoms. The minimum atomic E-state index is -0.790. The Morgan fingerprint density at radius 2 is 1.85 bits per heavy atom. The highest BCUT2D eigenvalue weighted by atomic mass is 16.5. The fraction of sp³-hybridized carbons (Fsp3) is 0.591. The number of nitrogens with zero attached hydrogens (tertiary/aromatic N) is 3. The molecule has 2 aromatic rings. The van der Waals surface area contributed by atoms with Crippen LogP contribution in [0, 0.1) is 11.8 Å². The van der Waals surface area contributed by atoms with Crippen LogP contribution in [-0.2, 0) is 19.2 Å². The molecule has 5 nitrogen and oxygen atoms in total. The zero-order valence-corrected chi connectivity index (χ0v) is 16.6. The van der Waals surface area contributed by atoms with Gasteiger partial charge in [-0.2, -0.15) is 0 Å². The Kier molecular flexibility index (Phi) is 4.99. The molecular formula is C22H31N3O2. The quantitative estimate of drug-likeness (QED) is 0.878. The van der Waals surface area contributed by atoms with Crippen LogP contribution in [0.1, 0.15) is 44.5 Å². The van der Waals surface area contributed by atoms with Gasteiger partial charge in [0.15, 0.2) is 0 Å². The summed E-state index contributed by atoms with van der Waals surface area (Å²) < 4.78 is 7.74. The molecule has 2 aliphatic rings.